The van der Waals surface area contributed by atoms with Crippen LogP contribution in [0.15, 0.2) is 42.5 Å². The molecular weight excluding hydrogens is 414 g/mol. The number of piperidine rings is 1. The number of anilines is 1. The summed E-state index contributed by atoms with van der Waals surface area (Å²) < 4.78 is 10.9. The summed E-state index contributed by atoms with van der Waals surface area (Å²) in [6, 6.07) is 13.8. The predicted octanol–water partition coefficient (Wildman–Crippen LogP) is 4.16. The fourth-order valence-corrected chi connectivity index (χ4v) is 4.32. The number of nitrogens with one attached hydrogen (secondary N) is 1. The van der Waals surface area contributed by atoms with E-state index in [2.05, 4.69) is 16.3 Å². The van der Waals surface area contributed by atoms with Gasteiger partial charge in [0.05, 0.1) is 25.8 Å². The maximum atomic E-state index is 10.2. The summed E-state index contributed by atoms with van der Waals surface area (Å²) in [6.45, 7) is 2.73. The van der Waals surface area contributed by atoms with Crippen LogP contribution < -0.4 is 19.7 Å². The largest absolute Gasteiger partial charge is 0.493 e. The minimum absolute atomic E-state index is 0.326. The van der Waals surface area contributed by atoms with Crippen molar-refractivity contribution in [3.8, 4) is 11.5 Å². The van der Waals surface area contributed by atoms with Gasteiger partial charge in [-0.25, -0.2) is 4.98 Å². The number of pyridine rings is 1. The van der Waals surface area contributed by atoms with Crippen molar-refractivity contribution in [2.24, 2.45) is 0 Å². The first-order valence-corrected chi connectivity index (χ1v) is 10.9. The monoisotopic (exact) mass is 441 g/mol. The van der Waals surface area contributed by atoms with Crippen molar-refractivity contribution in [3.63, 3.8) is 0 Å². The van der Waals surface area contributed by atoms with Crippen molar-refractivity contribution in [2.75, 3.05) is 32.2 Å². The average Bonchev–Trinajstić information content (AvgIpc) is 2.78. The molecule has 4 rings (SSSR count). The molecule has 1 fully saturated rings. The van der Waals surface area contributed by atoms with Gasteiger partial charge in [-0.2, -0.15) is 0 Å². The third-order valence-electron chi connectivity index (χ3n) is 5.65. The van der Waals surface area contributed by atoms with E-state index in [0.29, 0.717) is 30.4 Å². The zero-order chi connectivity index (χ0) is 21.8. The van der Waals surface area contributed by atoms with Gasteiger partial charge in [0.2, 0.25) is 0 Å². The summed E-state index contributed by atoms with van der Waals surface area (Å²) in [7, 11) is 3.29. The van der Waals surface area contributed by atoms with Crippen LogP contribution in [0.4, 0.5) is 5.82 Å². The summed E-state index contributed by atoms with van der Waals surface area (Å²) >= 11 is 6.20. The standard InChI is InChI=1S/C24H28ClN3O3/c1-30-22-7-3-5-17(23(22)31-2)13-26-14-18-11-16-8-9-19(25)12-21(16)27-24(18)28-10-4-6-20(29)15-28/h3,5,7-9,11-12,20,26,29H,4,6,10,13-15H2,1-2H3. The van der Waals surface area contributed by atoms with Gasteiger partial charge in [-0.15, -0.1) is 0 Å². The van der Waals surface area contributed by atoms with Crippen LogP contribution in [-0.4, -0.2) is 43.5 Å². The number of fused-ring (bicyclic) bond motifs is 1. The van der Waals surface area contributed by atoms with Gasteiger partial charge < -0.3 is 24.8 Å². The van der Waals surface area contributed by atoms with Crippen molar-refractivity contribution in [3.05, 3.63) is 58.6 Å². The molecule has 2 heterocycles. The number of ether oxygens (including phenoxy) is 2. The SMILES string of the molecule is COc1cccc(CNCc2cc3ccc(Cl)cc3nc2N2CCCC(O)C2)c1OC. The molecule has 1 unspecified atom stereocenters. The molecule has 1 aliphatic heterocycles. The molecule has 2 N–H and O–H groups in total. The van der Waals surface area contributed by atoms with E-state index in [0.717, 1.165) is 53.0 Å². The van der Waals surface area contributed by atoms with Crippen LogP contribution in [-0.2, 0) is 13.1 Å². The predicted molar refractivity (Wildman–Crippen MR) is 124 cm³/mol. The second-order valence-electron chi connectivity index (χ2n) is 7.81. The molecule has 3 aromatic rings. The van der Waals surface area contributed by atoms with Crippen molar-refractivity contribution >= 4 is 28.3 Å². The number of aromatic nitrogens is 1. The Morgan fingerprint density at radius 3 is 2.74 bits per heavy atom. The molecule has 0 spiro atoms. The highest BCUT2D eigenvalue weighted by molar-refractivity contribution is 6.31. The Balaban J connectivity index is 1.60. The fourth-order valence-electron chi connectivity index (χ4n) is 4.15. The van der Waals surface area contributed by atoms with E-state index in [1.807, 2.05) is 36.4 Å². The lowest BCUT2D eigenvalue weighted by atomic mass is 10.1. The number of nitrogens with zero attached hydrogens (tertiary/aromatic N) is 2. The first kappa shape index (κ1) is 21.7. The first-order valence-electron chi connectivity index (χ1n) is 10.5. The second kappa shape index (κ2) is 9.73. The number of β-amino-alcohol motifs (C(OH)–C–C–N with tert-alkyl or cyclic N) is 1. The van der Waals surface area contributed by atoms with Crippen LogP contribution >= 0.6 is 11.6 Å². The van der Waals surface area contributed by atoms with Gasteiger partial charge in [0.1, 0.15) is 5.82 Å². The van der Waals surface area contributed by atoms with Crippen LogP contribution in [0.1, 0.15) is 24.0 Å². The number of methoxy groups -OCH3 is 2. The minimum Gasteiger partial charge on any atom is -0.493 e. The average molecular weight is 442 g/mol. The van der Waals surface area contributed by atoms with Gasteiger partial charge >= 0.3 is 0 Å². The van der Waals surface area contributed by atoms with Crippen molar-refractivity contribution < 1.29 is 14.6 Å². The van der Waals surface area contributed by atoms with Gasteiger partial charge in [0.25, 0.3) is 0 Å². The summed E-state index contributed by atoms with van der Waals surface area (Å²) in [5.74, 6) is 2.36. The van der Waals surface area contributed by atoms with Crippen molar-refractivity contribution in [2.45, 2.75) is 32.0 Å². The molecule has 164 valence electrons. The summed E-state index contributed by atoms with van der Waals surface area (Å²) in [4.78, 5) is 7.10. The molecule has 1 saturated heterocycles. The number of aliphatic hydroxyl groups excluding tert-OH is 1. The summed E-state index contributed by atoms with van der Waals surface area (Å²) in [6.07, 6.45) is 1.45. The van der Waals surface area contributed by atoms with E-state index in [-0.39, 0.29) is 6.10 Å². The highest BCUT2D eigenvalue weighted by Crippen LogP contribution is 2.31. The van der Waals surface area contributed by atoms with Gasteiger partial charge in [0, 0.05) is 47.7 Å². The smallest absolute Gasteiger partial charge is 0.165 e. The molecule has 0 bridgehead atoms. The van der Waals surface area contributed by atoms with Gasteiger partial charge in [-0.1, -0.05) is 29.8 Å². The number of hydrogen-bond donors (Lipinski definition) is 2. The Morgan fingerprint density at radius 1 is 1.13 bits per heavy atom. The first-order chi connectivity index (χ1) is 15.1. The van der Waals surface area contributed by atoms with Gasteiger partial charge in [0.15, 0.2) is 11.5 Å². The Labute approximate surface area is 187 Å². The van der Waals surface area contributed by atoms with Crippen LogP contribution in [0.3, 0.4) is 0 Å². The number of hydrogen-bond acceptors (Lipinski definition) is 6. The maximum absolute atomic E-state index is 10.2. The molecule has 1 aromatic heterocycles. The third-order valence-corrected chi connectivity index (χ3v) is 5.88. The fraction of sp³-hybridized carbons (Fsp3) is 0.375. The van der Waals surface area contributed by atoms with Crippen LogP contribution in [0.25, 0.3) is 10.9 Å². The molecule has 6 nitrogen and oxygen atoms in total. The highest BCUT2D eigenvalue weighted by Gasteiger charge is 2.22. The van der Waals surface area contributed by atoms with E-state index in [4.69, 9.17) is 26.1 Å². The molecule has 31 heavy (non-hydrogen) atoms. The topological polar surface area (TPSA) is 66.9 Å². The van der Waals surface area contributed by atoms with E-state index in [1.54, 1.807) is 14.2 Å². The Kier molecular flexibility index (Phi) is 6.80. The minimum atomic E-state index is -0.326. The van der Waals surface area contributed by atoms with Crippen molar-refractivity contribution in [1.29, 1.82) is 0 Å². The van der Waals surface area contributed by atoms with Gasteiger partial charge in [-0.05, 0) is 37.1 Å². The number of halogens is 1. The molecule has 1 aliphatic rings. The molecule has 0 radical (unpaired) electrons. The lowest BCUT2D eigenvalue weighted by Gasteiger charge is -2.32. The third kappa shape index (κ3) is 4.87. The van der Waals surface area contributed by atoms with E-state index < -0.39 is 0 Å². The number of rotatable bonds is 7. The van der Waals surface area contributed by atoms with Crippen LogP contribution in [0, 0.1) is 0 Å². The van der Waals surface area contributed by atoms with Crippen LogP contribution in [0.5, 0.6) is 11.5 Å². The van der Waals surface area contributed by atoms with Crippen molar-refractivity contribution in [1.82, 2.24) is 10.3 Å². The Morgan fingerprint density at radius 2 is 1.97 bits per heavy atom. The molecule has 2 aromatic carbocycles. The summed E-state index contributed by atoms with van der Waals surface area (Å²) in [5.41, 5.74) is 2.98. The quantitative estimate of drug-likeness (QED) is 0.574. The highest BCUT2D eigenvalue weighted by atomic mass is 35.5. The molecule has 0 saturated carbocycles. The van der Waals surface area contributed by atoms with E-state index in [9.17, 15) is 5.11 Å². The van der Waals surface area contributed by atoms with E-state index in [1.165, 1.54) is 0 Å². The molecule has 7 heteroatoms. The molecule has 0 amide bonds. The maximum Gasteiger partial charge on any atom is 0.165 e. The lowest BCUT2D eigenvalue weighted by Crippen LogP contribution is -2.39. The van der Waals surface area contributed by atoms with Crippen LogP contribution in [0.2, 0.25) is 5.02 Å². The second-order valence-corrected chi connectivity index (χ2v) is 8.24. The number of para-hydroxylation sites is 1. The van der Waals surface area contributed by atoms with Gasteiger partial charge in [-0.3, -0.25) is 0 Å². The zero-order valence-corrected chi connectivity index (χ0v) is 18.7. The zero-order valence-electron chi connectivity index (χ0n) is 17.9. The Bertz CT molecular complexity index is 1060. The Hall–Kier alpha value is -2.54. The molecular formula is C24H28ClN3O3. The molecule has 0 aliphatic carbocycles. The summed E-state index contributed by atoms with van der Waals surface area (Å²) in [5, 5.41) is 15.4. The van der Waals surface area contributed by atoms with E-state index >= 15 is 0 Å². The lowest BCUT2D eigenvalue weighted by molar-refractivity contribution is 0.154. The number of aliphatic hydroxyl groups is 1. The number of benzene rings is 2. The normalized spacial score (nSPS) is 16.5. The molecule has 1 atom stereocenters.